The molecule has 1 aromatic carbocycles. The van der Waals surface area contributed by atoms with Crippen LogP contribution < -0.4 is 5.32 Å². The fourth-order valence-electron chi connectivity index (χ4n) is 1.93. The molecule has 1 aromatic rings. The van der Waals surface area contributed by atoms with Crippen molar-refractivity contribution in [3.05, 3.63) is 42.2 Å². The van der Waals surface area contributed by atoms with Crippen molar-refractivity contribution in [2.24, 2.45) is 0 Å². The van der Waals surface area contributed by atoms with Crippen LogP contribution >= 0.6 is 0 Å². The van der Waals surface area contributed by atoms with Gasteiger partial charge in [0.25, 0.3) is 0 Å². The van der Waals surface area contributed by atoms with Gasteiger partial charge in [-0.15, -0.1) is 0 Å². The molecule has 0 aliphatic carbocycles. The highest BCUT2D eigenvalue weighted by molar-refractivity contribution is 5.81. The second kappa shape index (κ2) is 5.67. The number of nitrogens with one attached hydrogen (secondary N) is 1. The van der Waals surface area contributed by atoms with Crippen molar-refractivity contribution in [1.29, 1.82) is 0 Å². The Bertz CT molecular complexity index is 432. The molecule has 0 bridgehead atoms. The summed E-state index contributed by atoms with van der Waals surface area (Å²) in [5.74, 6) is -0.201. The fourth-order valence-corrected chi connectivity index (χ4v) is 1.93. The van der Waals surface area contributed by atoms with E-state index in [9.17, 15) is 9.18 Å². The molecule has 1 aliphatic rings. The average Bonchev–Trinajstić information content (AvgIpc) is 2.38. The molecule has 0 unspecified atom stereocenters. The maximum Gasteiger partial charge on any atom is 0.241 e. The Hall–Kier alpha value is -1.84. The molecule has 4 heteroatoms. The van der Waals surface area contributed by atoms with Crippen molar-refractivity contribution in [3.8, 4) is 0 Å². The Labute approximate surface area is 106 Å². The quantitative estimate of drug-likeness (QED) is 0.833. The van der Waals surface area contributed by atoms with Crippen LogP contribution in [0, 0.1) is 5.82 Å². The molecule has 1 N–H and O–H groups in total. The molecule has 0 saturated carbocycles. The number of carbonyl (C=O) groups excluding carboxylic acids is 1. The van der Waals surface area contributed by atoms with Crippen LogP contribution in [0.1, 0.15) is 12.8 Å². The van der Waals surface area contributed by atoms with Gasteiger partial charge in [0.05, 0.1) is 6.54 Å². The third kappa shape index (κ3) is 3.32. The molecule has 18 heavy (non-hydrogen) atoms. The minimum Gasteiger partial charge on any atom is -0.376 e. The van der Waals surface area contributed by atoms with Crippen molar-refractivity contribution in [2.75, 3.05) is 25.0 Å². The number of rotatable bonds is 3. The number of carbonyl (C=O) groups is 1. The van der Waals surface area contributed by atoms with Crippen LogP contribution in [0.25, 0.3) is 0 Å². The highest BCUT2D eigenvalue weighted by Gasteiger charge is 2.17. The number of hydrogen-bond acceptors (Lipinski definition) is 2. The van der Waals surface area contributed by atoms with Gasteiger partial charge in [0.1, 0.15) is 5.82 Å². The van der Waals surface area contributed by atoms with E-state index in [0.29, 0.717) is 0 Å². The molecular weight excluding hydrogens is 231 g/mol. The predicted octanol–water partition coefficient (Wildman–Crippen LogP) is 2.42. The summed E-state index contributed by atoms with van der Waals surface area (Å²) >= 11 is 0. The first-order chi connectivity index (χ1) is 8.65. The van der Waals surface area contributed by atoms with Gasteiger partial charge in [0, 0.05) is 18.8 Å². The van der Waals surface area contributed by atoms with Gasteiger partial charge >= 0.3 is 0 Å². The first kappa shape index (κ1) is 12.6. The maximum atomic E-state index is 12.7. The second-order valence-corrected chi connectivity index (χ2v) is 4.49. The average molecular weight is 248 g/mol. The Morgan fingerprint density at radius 2 is 1.89 bits per heavy atom. The van der Waals surface area contributed by atoms with Gasteiger partial charge in [-0.2, -0.15) is 0 Å². The van der Waals surface area contributed by atoms with E-state index in [1.807, 2.05) is 4.90 Å². The van der Waals surface area contributed by atoms with Crippen LogP contribution in [-0.4, -0.2) is 30.4 Å². The van der Waals surface area contributed by atoms with Gasteiger partial charge in [-0.1, -0.05) is 12.2 Å². The van der Waals surface area contributed by atoms with E-state index >= 15 is 0 Å². The first-order valence-electron chi connectivity index (χ1n) is 6.09. The minimum atomic E-state index is -0.276. The van der Waals surface area contributed by atoms with Gasteiger partial charge in [-0.05, 0) is 37.1 Å². The zero-order valence-electron chi connectivity index (χ0n) is 10.3. The fraction of sp³-hybridized carbons (Fsp3) is 0.357. The standard InChI is InChI=1S/C14H17FN2O/c1-11-6-8-17(9-7-11)14(18)10-16-13-4-2-12(15)3-5-13/h2-5,16H,1,6-10H2. The number of anilines is 1. The maximum absolute atomic E-state index is 12.7. The molecule has 1 fully saturated rings. The number of piperidine rings is 1. The van der Waals surface area contributed by atoms with E-state index in [1.54, 1.807) is 12.1 Å². The summed E-state index contributed by atoms with van der Waals surface area (Å²) in [6.07, 6.45) is 1.78. The van der Waals surface area contributed by atoms with Crippen LogP contribution in [0.3, 0.4) is 0 Å². The molecule has 1 aliphatic heterocycles. The number of hydrogen-bond donors (Lipinski definition) is 1. The largest absolute Gasteiger partial charge is 0.376 e. The normalized spacial score (nSPS) is 15.6. The SMILES string of the molecule is C=C1CCN(C(=O)CNc2ccc(F)cc2)CC1. The van der Waals surface area contributed by atoms with Crippen molar-refractivity contribution >= 4 is 11.6 Å². The molecule has 0 radical (unpaired) electrons. The second-order valence-electron chi connectivity index (χ2n) is 4.49. The van der Waals surface area contributed by atoms with Crippen molar-refractivity contribution in [2.45, 2.75) is 12.8 Å². The Balaban J connectivity index is 1.81. The molecule has 0 spiro atoms. The zero-order valence-corrected chi connectivity index (χ0v) is 10.3. The van der Waals surface area contributed by atoms with E-state index in [0.717, 1.165) is 31.6 Å². The van der Waals surface area contributed by atoms with Crippen LogP contribution in [0.4, 0.5) is 10.1 Å². The highest BCUT2D eigenvalue weighted by atomic mass is 19.1. The van der Waals surface area contributed by atoms with Gasteiger partial charge in [0.2, 0.25) is 5.91 Å². The molecule has 1 saturated heterocycles. The molecule has 3 nitrogen and oxygen atoms in total. The minimum absolute atomic E-state index is 0.0758. The zero-order chi connectivity index (χ0) is 13.0. The summed E-state index contributed by atoms with van der Waals surface area (Å²) in [5.41, 5.74) is 1.97. The van der Waals surface area contributed by atoms with Crippen molar-refractivity contribution in [3.63, 3.8) is 0 Å². The van der Waals surface area contributed by atoms with Crippen LogP contribution in [0.5, 0.6) is 0 Å². The third-order valence-electron chi connectivity index (χ3n) is 3.11. The van der Waals surface area contributed by atoms with E-state index in [2.05, 4.69) is 11.9 Å². The lowest BCUT2D eigenvalue weighted by Crippen LogP contribution is -2.39. The van der Waals surface area contributed by atoms with E-state index in [4.69, 9.17) is 0 Å². The molecule has 1 heterocycles. The number of halogens is 1. The Morgan fingerprint density at radius 1 is 1.28 bits per heavy atom. The summed E-state index contributed by atoms with van der Waals surface area (Å²) in [5, 5.41) is 3.00. The summed E-state index contributed by atoms with van der Waals surface area (Å²) in [6.45, 7) is 5.67. The Morgan fingerprint density at radius 3 is 2.50 bits per heavy atom. The smallest absolute Gasteiger partial charge is 0.241 e. The lowest BCUT2D eigenvalue weighted by atomic mass is 10.1. The monoisotopic (exact) mass is 248 g/mol. The van der Waals surface area contributed by atoms with E-state index in [1.165, 1.54) is 17.7 Å². The molecule has 0 aromatic heterocycles. The summed E-state index contributed by atoms with van der Waals surface area (Å²) in [4.78, 5) is 13.7. The van der Waals surface area contributed by atoms with Gasteiger partial charge < -0.3 is 10.2 Å². The van der Waals surface area contributed by atoms with Gasteiger partial charge in [-0.3, -0.25) is 4.79 Å². The lowest BCUT2D eigenvalue weighted by Gasteiger charge is -2.28. The van der Waals surface area contributed by atoms with Crippen LogP contribution in [0.2, 0.25) is 0 Å². The van der Waals surface area contributed by atoms with Crippen LogP contribution in [0.15, 0.2) is 36.4 Å². The molecule has 1 amide bonds. The number of nitrogens with zero attached hydrogens (tertiary/aromatic N) is 1. The van der Waals surface area contributed by atoms with Gasteiger partial charge in [-0.25, -0.2) is 4.39 Å². The topological polar surface area (TPSA) is 32.3 Å². The first-order valence-corrected chi connectivity index (χ1v) is 6.09. The molecular formula is C14H17FN2O. The highest BCUT2D eigenvalue weighted by Crippen LogP contribution is 2.14. The number of amides is 1. The van der Waals surface area contributed by atoms with Crippen molar-refractivity contribution in [1.82, 2.24) is 4.90 Å². The van der Waals surface area contributed by atoms with E-state index in [-0.39, 0.29) is 18.3 Å². The lowest BCUT2D eigenvalue weighted by molar-refractivity contribution is -0.129. The summed E-state index contributed by atoms with van der Waals surface area (Å²) in [7, 11) is 0. The van der Waals surface area contributed by atoms with Gasteiger partial charge in [0.15, 0.2) is 0 Å². The Kier molecular flexibility index (Phi) is 3.97. The predicted molar refractivity (Wildman–Crippen MR) is 69.8 cm³/mol. The number of likely N-dealkylation sites (tertiary alicyclic amines) is 1. The molecule has 2 rings (SSSR count). The number of benzene rings is 1. The van der Waals surface area contributed by atoms with Crippen molar-refractivity contribution < 1.29 is 9.18 Å². The third-order valence-corrected chi connectivity index (χ3v) is 3.11. The summed E-state index contributed by atoms with van der Waals surface area (Å²) in [6, 6.07) is 6.00. The molecule has 96 valence electrons. The van der Waals surface area contributed by atoms with Crippen LogP contribution in [-0.2, 0) is 4.79 Å². The molecule has 0 atom stereocenters. The summed E-state index contributed by atoms with van der Waals surface area (Å²) < 4.78 is 12.7. The van der Waals surface area contributed by atoms with E-state index < -0.39 is 0 Å².